The van der Waals surface area contributed by atoms with E-state index in [4.69, 9.17) is 36.5 Å². The van der Waals surface area contributed by atoms with Crippen LogP contribution in [0.4, 0.5) is 0 Å². The molecular weight excluding hydrogens is 796 g/mol. The van der Waals surface area contributed by atoms with E-state index in [0.717, 1.165) is 19.4 Å². The molecule has 4 nitrogen and oxygen atoms in total. The minimum absolute atomic E-state index is 0. The predicted molar refractivity (Wildman–Crippen MR) is 262 cm³/mol. The summed E-state index contributed by atoms with van der Waals surface area (Å²) in [6, 6.07) is 0. The van der Waals surface area contributed by atoms with Crippen LogP contribution in [0.1, 0.15) is 161 Å². The van der Waals surface area contributed by atoms with Gasteiger partial charge >= 0.3 is 0 Å². The molecule has 0 aliphatic heterocycles. The van der Waals surface area contributed by atoms with Gasteiger partial charge in [-0.3, -0.25) is 0 Å². The molecule has 0 aromatic carbocycles. The monoisotopic (exact) mass is 891 g/mol. The highest BCUT2D eigenvalue weighted by molar-refractivity contribution is 6.75. The minimum atomic E-state index is -1.73. The first-order valence-corrected chi connectivity index (χ1v) is 32.2. The molecular formula is C48H96Cl2O4Si3. The third-order valence-corrected chi connectivity index (χ3v) is 30.3. The summed E-state index contributed by atoms with van der Waals surface area (Å²) in [4.78, 5) is 0. The van der Waals surface area contributed by atoms with Gasteiger partial charge in [0.15, 0.2) is 25.0 Å². The summed E-state index contributed by atoms with van der Waals surface area (Å²) in [6.45, 7) is 50.4. The highest BCUT2D eigenvalue weighted by Gasteiger charge is 2.55. The van der Waals surface area contributed by atoms with Crippen LogP contribution in [-0.4, -0.2) is 60.8 Å². The SMILES string of the molecule is C.C=C(CCO)[C@H]1CCC2[C@@H](O[Si](C)(C)C(C)(C)C)CCC[C@@]21C.C=C(CCO[Si](C)(C)C(C)(C)C)[C@H]1CCC2[C@@H](O[Si](C)(C)C(C)(C)C)CCC[C@@]21C.ClCCl. The Hall–Kier alpha value is 0.551. The molecule has 4 fully saturated rings. The minimum Gasteiger partial charge on any atom is -0.417 e. The molecule has 0 aromatic rings. The number of aliphatic hydroxyl groups excluding tert-OH is 1. The second-order valence-corrected chi connectivity index (χ2v) is 38.5. The first-order valence-electron chi connectivity index (χ1n) is 22.4. The molecule has 0 saturated heterocycles. The maximum atomic E-state index is 9.29. The fraction of sp³-hybridized carbons (Fsp3) is 0.917. The molecule has 8 atom stereocenters. The van der Waals surface area contributed by atoms with E-state index < -0.39 is 25.0 Å². The number of hydrogen-bond donors (Lipinski definition) is 1. The summed E-state index contributed by atoms with van der Waals surface area (Å²) in [7, 11) is -5.12. The van der Waals surface area contributed by atoms with Crippen molar-refractivity contribution in [2.45, 2.75) is 227 Å². The van der Waals surface area contributed by atoms with E-state index in [2.05, 4.69) is 129 Å². The van der Waals surface area contributed by atoms with Crippen molar-refractivity contribution in [2.24, 2.45) is 34.5 Å². The van der Waals surface area contributed by atoms with Gasteiger partial charge in [0.1, 0.15) is 0 Å². The quantitative estimate of drug-likeness (QED) is 0.120. The molecule has 2 unspecified atom stereocenters. The van der Waals surface area contributed by atoms with E-state index in [9.17, 15) is 5.11 Å². The standard InChI is InChI=1S/C26H52O2Si2.C20H38O2Si.CH2Cl2.CH4/c1-20(17-19-27-29(9,10)24(2,3)4)21-15-16-22-23(14-13-18-26(21,22)8)28-30(11,12)25(5,6)7;1-15(12-14-21)16-10-11-17-18(9-8-13-20(16,17)5)22-23(6,7)19(2,3)4;2-1-3;/h21-23H,1,13-19H2,2-12H3;16-18,21H,1,8-14H2,2-7H3;1H2;1H4/t21-,22?,23+,26-;16-,17?,18+,20-;;/m11../s1. The summed E-state index contributed by atoms with van der Waals surface area (Å²) in [6.07, 6.45) is 15.5. The van der Waals surface area contributed by atoms with Gasteiger partial charge in [0.25, 0.3) is 0 Å². The van der Waals surface area contributed by atoms with Gasteiger partial charge in [-0.25, -0.2) is 0 Å². The summed E-state index contributed by atoms with van der Waals surface area (Å²) >= 11 is 9.53. The predicted octanol–water partition coefficient (Wildman–Crippen LogP) is 16.2. The van der Waals surface area contributed by atoms with Gasteiger partial charge in [-0.2, -0.15) is 0 Å². The Morgan fingerprint density at radius 1 is 0.614 bits per heavy atom. The highest BCUT2D eigenvalue weighted by Crippen LogP contribution is 2.60. The fourth-order valence-electron chi connectivity index (χ4n) is 10.1. The smallest absolute Gasteiger partial charge is 0.192 e. The molecule has 4 rings (SSSR count). The van der Waals surface area contributed by atoms with Gasteiger partial charge in [-0.1, -0.05) is 121 Å². The molecule has 0 heterocycles. The maximum absolute atomic E-state index is 9.29. The fourth-order valence-corrected chi connectivity index (χ4v) is 13.9. The second-order valence-electron chi connectivity index (χ2n) is 23.4. The molecule has 0 bridgehead atoms. The van der Waals surface area contributed by atoms with Gasteiger partial charge in [0.05, 0.1) is 5.34 Å². The maximum Gasteiger partial charge on any atom is 0.192 e. The van der Waals surface area contributed by atoms with Crippen LogP contribution in [0.5, 0.6) is 0 Å². The number of fused-ring (bicyclic) bond motifs is 2. The van der Waals surface area contributed by atoms with Crippen LogP contribution in [0, 0.1) is 34.5 Å². The van der Waals surface area contributed by atoms with Crippen molar-refractivity contribution < 1.29 is 18.4 Å². The number of halogens is 2. The summed E-state index contributed by atoms with van der Waals surface area (Å²) in [5.74, 6) is 2.58. The average molecular weight is 892 g/mol. The van der Waals surface area contributed by atoms with Crippen molar-refractivity contribution in [3.05, 3.63) is 24.3 Å². The highest BCUT2D eigenvalue weighted by atomic mass is 35.5. The normalized spacial score (nSPS) is 30.8. The molecule has 1 N–H and O–H groups in total. The molecule has 4 aliphatic rings. The summed E-state index contributed by atoms with van der Waals surface area (Å²) in [5, 5.41) is 10.3. The zero-order valence-corrected chi connectivity index (χ0v) is 44.4. The van der Waals surface area contributed by atoms with Crippen molar-refractivity contribution in [1.29, 1.82) is 0 Å². The van der Waals surface area contributed by atoms with Gasteiger partial charge in [0, 0.05) is 25.4 Å². The van der Waals surface area contributed by atoms with E-state index >= 15 is 0 Å². The first kappa shape index (κ1) is 55.6. The zero-order chi connectivity index (χ0) is 43.3. The Balaban J connectivity index is 0.000000539. The van der Waals surface area contributed by atoms with Crippen LogP contribution in [0.3, 0.4) is 0 Å². The molecule has 338 valence electrons. The van der Waals surface area contributed by atoms with Crippen molar-refractivity contribution in [3.8, 4) is 0 Å². The summed E-state index contributed by atoms with van der Waals surface area (Å²) in [5.41, 5.74) is 3.40. The third-order valence-electron chi connectivity index (χ3n) is 16.7. The van der Waals surface area contributed by atoms with Crippen molar-refractivity contribution in [1.82, 2.24) is 0 Å². The third kappa shape index (κ3) is 13.5. The van der Waals surface area contributed by atoms with Crippen LogP contribution in [0.2, 0.25) is 54.4 Å². The largest absolute Gasteiger partial charge is 0.417 e. The number of alkyl halides is 2. The van der Waals surface area contributed by atoms with Crippen LogP contribution < -0.4 is 0 Å². The van der Waals surface area contributed by atoms with E-state index in [-0.39, 0.29) is 34.5 Å². The lowest BCUT2D eigenvalue weighted by Crippen LogP contribution is -2.50. The molecule has 57 heavy (non-hydrogen) atoms. The Morgan fingerprint density at radius 3 is 1.26 bits per heavy atom. The Labute approximate surface area is 369 Å². The molecule has 9 heteroatoms. The van der Waals surface area contributed by atoms with E-state index in [0.29, 0.717) is 46.7 Å². The Morgan fingerprint density at radius 2 is 0.947 bits per heavy atom. The molecule has 4 aliphatic carbocycles. The Kier molecular flexibility index (Phi) is 20.7. The van der Waals surface area contributed by atoms with Gasteiger partial charge in [-0.15, -0.1) is 23.2 Å². The van der Waals surface area contributed by atoms with E-state index in [1.165, 1.54) is 75.4 Å². The lowest BCUT2D eigenvalue weighted by molar-refractivity contribution is -0.00427. The molecule has 4 saturated carbocycles. The summed E-state index contributed by atoms with van der Waals surface area (Å²) < 4.78 is 20.4. The second kappa shape index (κ2) is 21.3. The zero-order valence-electron chi connectivity index (χ0n) is 39.9. The average Bonchev–Trinajstić information content (AvgIpc) is 3.58. The van der Waals surface area contributed by atoms with Crippen molar-refractivity contribution >= 4 is 48.2 Å². The van der Waals surface area contributed by atoms with E-state index in [1.807, 2.05) is 0 Å². The van der Waals surface area contributed by atoms with Crippen LogP contribution >= 0.6 is 23.2 Å². The molecule has 0 aromatic heterocycles. The van der Waals surface area contributed by atoms with Crippen molar-refractivity contribution in [2.75, 3.05) is 18.6 Å². The number of aliphatic hydroxyl groups is 1. The van der Waals surface area contributed by atoms with Crippen LogP contribution in [0.25, 0.3) is 0 Å². The Bertz CT molecular complexity index is 1270. The van der Waals surface area contributed by atoms with E-state index in [1.54, 1.807) is 0 Å². The van der Waals surface area contributed by atoms with Gasteiger partial charge in [0.2, 0.25) is 0 Å². The molecule has 0 spiro atoms. The number of hydrogen-bond acceptors (Lipinski definition) is 4. The topological polar surface area (TPSA) is 47.9 Å². The number of rotatable bonds is 12. The molecule has 0 amide bonds. The lowest BCUT2D eigenvalue weighted by atomic mass is 9.63. The van der Waals surface area contributed by atoms with Crippen LogP contribution in [0.15, 0.2) is 24.3 Å². The van der Waals surface area contributed by atoms with Gasteiger partial charge in [-0.05, 0) is 153 Å². The molecule has 0 radical (unpaired) electrons. The lowest BCUT2D eigenvalue weighted by Gasteiger charge is -2.49. The van der Waals surface area contributed by atoms with Crippen molar-refractivity contribution in [3.63, 3.8) is 0 Å². The van der Waals surface area contributed by atoms with Gasteiger partial charge < -0.3 is 18.4 Å². The first-order chi connectivity index (χ1) is 25.4. The van der Waals surface area contributed by atoms with Crippen LogP contribution in [-0.2, 0) is 13.3 Å².